The van der Waals surface area contributed by atoms with E-state index >= 15 is 0 Å². The Morgan fingerprint density at radius 2 is 1.93 bits per heavy atom. The molecule has 1 saturated heterocycles. The second-order valence-corrected chi connectivity index (χ2v) is 7.29. The minimum atomic E-state index is -0.481. The van der Waals surface area contributed by atoms with Gasteiger partial charge in [0.2, 0.25) is 5.91 Å². The molecule has 1 aromatic carbocycles. The molecule has 1 aliphatic heterocycles. The van der Waals surface area contributed by atoms with Crippen LogP contribution in [0.1, 0.15) is 54.5 Å². The third kappa shape index (κ3) is 4.02. The predicted molar refractivity (Wildman–Crippen MR) is 102 cm³/mol. The molecule has 1 aliphatic rings. The van der Waals surface area contributed by atoms with Crippen LogP contribution in [0.25, 0.3) is 0 Å². The van der Waals surface area contributed by atoms with Gasteiger partial charge in [-0.25, -0.2) is 4.68 Å². The summed E-state index contributed by atoms with van der Waals surface area (Å²) in [4.78, 5) is 26.7. The van der Waals surface area contributed by atoms with E-state index in [-0.39, 0.29) is 23.6 Å². The molecular formula is C20H27N5O2. The summed E-state index contributed by atoms with van der Waals surface area (Å²) < 4.78 is 1.72. The lowest BCUT2D eigenvalue weighted by Crippen LogP contribution is -2.43. The number of carbonyl (C=O) groups excluding carboxylic acids is 2. The summed E-state index contributed by atoms with van der Waals surface area (Å²) in [6.45, 7) is 9.12. The van der Waals surface area contributed by atoms with Crippen LogP contribution in [0.4, 0.5) is 0 Å². The van der Waals surface area contributed by atoms with Crippen LogP contribution < -0.4 is 5.32 Å². The van der Waals surface area contributed by atoms with Crippen LogP contribution in [0.15, 0.2) is 24.3 Å². The molecule has 7 heteroatoms. The van der Waals surface area contributed by atoms with Crippen molar-refractivity contribution >= 4 is 11.8 Å². The van der Waals surface area contributed by atoms with Crippen molar-refractivity contribution in [2.45, 2.75) is 59.2 Å². The molecule has 1 fully saturated rings. The van der Waals surface area contributed by atoms with Gasteiger partial charge in [0.25, 0.3) is 5.91 Å². The molecule has 3 rings (SSSR count). The SMILES string of the molecule is CCc1ccc(Cn2nnc(C(=O)N[C@H]3CCN(C(C)C)C3=O)c2C)cc1. The van der Waals surface area contributed by atoms with Gasteiger partial charge in [0.05, 0.1) is 12.2 Å². The highest BCUT2D eigenvalue weighted by Gasteiger charge is 2.34. The van der Waals surface area contributed by atoms with E-state index in [0.717, 1.165) is 12.0 Å². The Morgan fingerprint density at radius 1 is 1.26 bits per heavy atom. The highest BCUT2D eigenvalue weighted by atomic mass is 16.2. The largest absolute Gasteiger partial charge is 0.339 e. The Hall–Kier alpha value is -2.70. The molecule has 144 valence electrons. The molecule has 1 atom stereocenters. The Labute approximate surface area is 159 Å². The van der Waals surface area contributed by atoms with E-state index in [1.807, 2.05) is 20.8 Å². The third-order valence-corrected chi connectivity index (χ3v) is 5.13. The molecule has 0 radical (unpaired) electrons. The highest BCUT2D eigenvalue weighted by Crippen LogP contribution is 2.16. The molecule has 0 aliphatic carbocycles. The zero-order valence-electron chi connectivity index (χ0n) is 16.4. The molecule has 7 nitrogen and oxygen atoms in total. The van der Waals surface area contributed by atoms with Gasteiger partial charge in [-0.2, -0.15) is 0 Å². The molecular weight excluding hydrogens is 342 g/mol. The average Bonchev–Trinajstić information content (AvgIpc) is 3.19. The van der Waals surface area contributed by atoms with E-state index in [4.69, 9.17) is 0 Å². The fraction of sp³-hybridized carbons (Fsp3) is 0.500. The lowest BCUT2D eigenvalue weighted by atomic mass is 10.1. The summed E-state index contributed by atoms with van der Waals surface area (Å²) in [5.41, 5.74) is 3.35. The van der Waals surface area contributed by atoms with E-state index < -0.39 is 6.04 Å². The zero-order chi connectivity index (χ0) is 19.6. The van der Waals surface area contributed by atoms with Gasteiger partial charge in [-0.05, 0) is 44.7 Å². The molecule has 0 unspecified atom stereocenters. The summed E-state index contributed by atoms with van der Waals surface area (Å²) in [6.07, 6.45) is 1.63. The topological polar surface area (TPSA) is 80.1 Å². The first-order chi connectivity index (χ1) is 12.9. The normalized spacial score (nSPS) is 17.0. The monoisotopic (exact) mass is 369 g/mol. The number of hydrogen-bond donors (Lipinski definition) is 1. The molecule has 1 aromatic heterocycles. The minimum Gasteiger partial charge on any atom is -0.339 e. The van der Waals surface area contributed by atoms with E-state index in [1.54, 1.807) is 9.58 Å². The summed E-state index contributed by atoms with van der Waals surface area (Å²) in [7, 11) is 0. The first-order valence-electron chi connectivity index (χ1n) is 9.50. The smallest absolute Gasteiger partial charge is 0.274 e. The first kappa shape index (κ1) is 19.1. The second kappa shape index (κ2) is 7.90. The second-order valence-electron chi connectivity index (χ2n) is 7.29. The number of carbonyl (C=O) groups is 2. The maximum atomic E-state index is 12.6. The molecule has 0 bridgehead atoms. The van der Waals surface area contributed by atoms with E-state index in [0.29, 0.717) is 25.2 Å². The van der Waals surface area contributed by atoms with Crippen molar-refractivity contribution in [1.29, 1.82) is 0 Å². The van der Waals surface area contributed by atoms with Crippen molar-refractivity contribution in [1.82, 2.24) is 25.2 Å². The molecule has 27 heavy (non-hydrogen) atoms. The van der Waals surface area contributed by atoms with Crippen molar-refractivity contribution in [3.8, 4) is 0 Å². The Kier molecular flexibility index (Phi) is 5.58. The highest BCUT2D eigenvalue weighted by molar-refractivity contribution is 5.97. The van der Waals surface area contributed by atoms with Crippen molar-refractivity contribution in [2.75, 3.05) is 6.54 Å². The van der Waals surface area contributed by atoms with Crippen molar-refractivity contribution in [3.63, 3.8) is 0 Å². The number of nitrogens with one attached hydrogen (secondary N) is 1. The number of benzene rings is 1. The van der Waals surface area contributed by atoms with Gasteiger partial charge in [-0.1, -0.05) is 36.4 Å². The zero-order valence-corrected chi connectivity index (χ0v) is 16.4. The van der Waals surface area contributed by atoms with Crippen LogP contribution in [-0.2, 0) is 17.8 Å². The van der Waals surface area contributed by atoms with Crippen LogP contribution in [-0.4, -0.2) is 50.3 Å². The number of hydrogen-bond acceptors (Lipinski definition) is 4. The van der Waals surface area contributed by atoms with Gasteiger partial charge in [-0.3, -0.25) is 9.59 Å². The number of rotatable bonds is 6. The Bertz CT molecular complexity index is 825. The predicted octanol–water partition coefficient (Wildman–Crippen LogP) is 1.94. The molecule has 0 spiro atoms. The number of aryl methyl sites for hydroxylation is 1. The summed E-state index contributed by atoms with van der Waals surface area (Å²) >= 11 is 0. The Morgan fingerprint density at radius 3 is 2.52 bits per heavy atom. The van der Waals surface area contributed by atoms with Crippen molar-refractivity contribution < 1.29 is 9.59 Å². The van der Waals surface area contributed by atoms with E-state index in [9.17, 15) is 9.59 Å². The Balaban J connectivity index is 1.67. The first-order valence-corrected chi connectivity index (χ1v) is 9.50. The van der Waals surface area contributed by atoms with Crippen LogP contribution in [0.3, 0.4) is 0 Å². The van der Waals surface area contributed by atoms with Crippen LogP contribution >= 0.6 is 0 Å². The van der Waals surface area contributed by atoms with Gasteiger partial charge >= 0.3 is 0 Å². The molecule has 1 N–H and O–H groups in total. The summed E-state index contributed by atoms with van der Waals surface area (Å²) in [5.74, 6) is -0.372. The lowest BCUT2D eigenvalue weighted by molar-refractivity contribution is -0.130. The number of nitrogens with zero attached hydrogens (tertiary/aromatic N) is 4. The van der Waals surface area contributed by atoms with Gasteiger partial charge in [0, 0.05) is 12.6 Å². The summed E-state index contributed by atoms with van der Waals surface area (Å²) in [5, 5.41) is 11.0. The van der Waals surface area contributed by atoms with Gasteiger partial charge in [0.1, 0.15) is 6.04 Å². The average molecular weight is 369 g/mol. The number of likely N-dealkylation sites (tertiary alicyclic amines) is 1. The summed E-state index contributed by atoms with van der Waals surface area (Å²) in [6, 6.07) is 7.99. The van der Waals surface area contributed by atoms with Crippen molar-refractivity contribution in [2.24, 2.45) is 0 Å². The maximum Gasteiger partial charge on any atom is 0.274 e. The van der Waals surface area contributed by atoms with Crippen molar-refractivity contribution in [3.05, 3.63) is 46.8 Å². The van der Waals surface area contributed by atoms with Gasteiger partial charge in [-0.15, -0.1) is 5.10 Å². The molecule has 2 heterocycles. The molecule has 0 saturated carbocycles. The number of aromatic nitrogens is 3. The van der Waals surface area contributed by atoms with Gasteiger partial charge < -0.3 is 10.2 Å². The fourth-order valence-electron chi connectivity index (χ4n) is 3.35. The fourth-order valence-corrected chi connectivity index (χ4v) is 3.35. The van der Waals surface area contributed by atoms with Crippen LogP contribution in [0.5, 0.6) is 0 Å². The van der Waals surface area contributed by atoms with E-state index in [2.05, 4.69) is 46.8 Å². The third-order valence-electron chi connectivity index (χ3n) is 5.13. The standard InChI is InChI=1S/C20H27N5O2/c1-5-15-6-8-16(9-7-15)12-25-14(4)18(22-23-25)19(26)21-17-10-11-24(13(2)3)20(17)27/h6-9,13,17H,5,10-12H2,1-4H3,(H,21,26)/t17-/m0/s1. The van der Waals surface area contributed by atoms with E-state index in [1.165, 1.54) is 5.56 Å². The van der Waals surface area contributed by atoms with Crippen LogP contribution in [0.2, 0.25) is 0 Å². The van der Waals surface area contributed by atoms with Crippen LogP contribution in [0, 0.1) is 6.92 Å². The minimum absolute atomic E-state index is 0.0283. The molecule has 2 aromatic rings. The molecule has 2 amide bonds. The number of amides is 2. The quantitative estimate of drug-likeness (QED) is 0.844. The van der Waals surface area contributed by atoms with Gasteiger partial charge in [0.15, 0.2) is 5.69 Å². The lowest BCUT2D eigenvalue weighted by Gasteiger charge is -2.21. The maximum absolute atomic E-state index is 12.6.